The fourth-order valence-corrected chi connectivity index (χ4v) is 1.86. The molecule has 8 heteroatoms. The maximum Gasteiger partial charge on any atom is 0.407 e. The Labute approximate surface area is 89.1 Å². The van der Waals surface area contributed by atoms with E-state index in [-0.39, 0.29) is 0 Å². The van der Waals surface area contributed by atoms with E-state index in [9.17, 15) is 4.79 Å². The number of fused-ring (bicyclic) bond motifs is 1. The van der Waals surface area contributed by atoms with Gasteiger partial charge in [-0.05, 0) is 6.92 Å². The number of hydrogen-bond donors (Lipinski definition) is 1. The van der Waals surface area contributed by atoms with Gasteiger partial charge in [-0.15, -0.1) is 10.2 Å². The first-order valence-electron chi connectivity index (χ1n) is 4.20. The molecule has 0 aliphatic rings. The van der Waals surface area contributed by atoms with Gasteiger partial charge in [0.25, 0.3) is 0 Å². The molecule has 0 saturated carbocycles. The summed E-state index contributed by atoms with van der Waals surface area (Å²) < 4.78 is 6.08. The van der Waals surface area contributed by atoms with E-state index in [0.29, 0.717) is 11.5 Å². The Bertz CT molecular complexity index is 490. The van der Waals surface area contributed by atoms with E-state index in [2.05, 4.69) is 25.3 Å². The van der Waals surface area contributed by atoms with Crippen LogP contribution in [0, 0.1) is 6.92 Å². The first-order chi connectivity index (χ1) is 7.20. The molecule has 1 N–H and O–H groups in total. The van der Waals surface area contributed by atoms with Crippen LogP contribution in [-0.2, 0) is 11.3 Å². The number of methoxy groups -OCH3 is 1. The molecule has 0 saturated heterocycles. The van der Waals surface area contributed by atoms with Crippen molar-refractivity contribution in [2.75, 3.05) is 7.11 Å². The second kappa shape index (κ2) is 3.81. The number of nitrogens with one attached hydrogen (secondary N) is 1. The highest BCUT2D eigenvalue weighted by atomic mass is 32.1. The molecular weight excluding hydrogens is 218 g/mol. The van der Waals surface area contributed by atoms with Crippen LogP contribution in [0.1, 0.15) is 10.8 Å². The number of carbonyl (C=O) groups excluding carboxylic acids is 1. The topological polar surface area (TPSA) is 81.4 Å². The molecule has 0 atom stereocenters. The number of aryl methyl sites for hydroxylation is 1. The molecule has 2 rings (SSSR count). The molecule has 0 bridgehead atoms. The van der Waals surface area contributed by atoms with Crippen LogP contribution in [0.5, 0.6) is 0 Å². The summed E-state index contributed by atoms with van der Waals surface area (Å²) in [6.07, 6.45) is -0.474. The molecule has 0 aliphatic heterocycles. The number of nitrogens with zero attached hydrogens (tertiary/aromatic N) is 4. The van der Waals surface area contributed by atoms with Crippen molar-refractivity contribution in [3.63, 3.8) is 0 Å². The molecule has 2 aromatic heterocycles. The van der Waals surface area contributed by atoms with E-state index < -0.39 is 6.09 Å². The second-order valence-electron chi connectivity index (χ2n) is 2.78. The quantitative estimate of drug-likeness (QED) is 0.800. The Hall–Kier alpha value is -1.70. The van der Waals surface area contributed by atoms with Crippen molar-refractivity contribution in [2.45, 2.75) is 13.5 Å². The van der Waals surface area contributed by atoms with Gasteiger partial charge in [0, 0.05) is 0 Å². The van der Waals surface area contributed by atoms with Gasteiger partial charge in [-0.25, -0.2) is 4.79 Å². The fourth-order valence-electron chi connectivity index (χ4n) is 1.05. The Morgan fingerprint density at radius 3 is 3.07 bits per heavy atom. The number of carbonyl (C=O) groups is 1. The van der Waals surface area contributed by atoms with E-state index >= 15 is 0 Å². The van der Waals surface area contributed by atoms with Crippen molar-refractivity contribution < 1.29 is 9.53 Å². The average molecular weight is 227 g/mol. The summed E-state index contributed by atoms with van der Waals surface area (Å²) in [7, 11) is 1.32. The van der Waals surface area contributed by atoms with Crippen LogP contribution < -0.4 is 5.32 Å². The number of hydrogen-bond acceptors (Lipinski definition) is 6. The van der Waals surface area contributed by atoms with Crippen molar-refractivity contribution in [1.82, 2.24) is 25.1 Å². The molecule has 2 aromatic rings. The van der Waals surface area contributed by atoms with Crippen LogP contribution in [0.4, 0.5) is 4.79 Å². The zero-order chi connectivity index (χ0) is 10.8. The number of ether oxygens (including phenoxy) is 1. The average Bonchev–Trinajstić information content (AvgIpc) is 2.78. The van der Waals surface area contributed by atoms with Gasteiger partial charge in [0.2, 0.25) is 4.96 Å². The van der Waals surface area contributed by atoms with Crippen LogP contribution in [-0.4, -0.2) is 33.0 Å². The highest BCUT2D eigenvalue weighted by Crippen LogP contribution is 2.12. The third-order valence-electron chi connectivity index (χ3n) is 1.76. The summed E-state index contributed by atoms with van der Waals surface area (Å²) in [5, 5.41) is 15.3. The molecule has 0 aromatic carbocycles. The zero-order valence-electron chi connectivity index (χ0n) is 8.22. The fraction of sp³-hybridized carbons (Fsp3) is 0.429. The SMILES string of the molecule is COC(=O)NCc1nn2c(C)nnc2s1. The van der Waals surface area contributed by atoms with Crippen LogP contribution in [0.2, 0.25) is 0 Å². The largest absolute Gasteiger partial charge is 0.453 e. The summed E-state index contributed by atoms with van der Waals surface area (Å²) in [6, 6.07) is 0. The van der Waals surface area contributed by atoms with Gasteiger partial charge in [-0.1, -0.05) is 11.3 Å². The molecule has 80 valence electrons. The van der Waals surface area contributed by atoms with Gasteiger partial charge in [-0.2, -0.15) is 9.61 Å². The molecule has 0 radical (unpaired) electrons. The predicted octanol–water partition coefficient (Wildman–Crippen LogP) is 0.350. The van der Waals surface area contributed by atoms with E-state index in [1.807, 2.05) is 6.92 Å². The van der Waals surface area contributed by atoms with Gasteiger partial charge in [0.15, 0.2) is 5.82 Å². The summed E-state index contributed by atoms with van der Waals surface area (Å²) in [5.41, 5.74) is 0. The van der Waals surface area contributed by atoms with Gasteiger partial charge < -0.3 is 10.1 Å². The number of amides is 1. The molecule has 1 amide bonds. The number of aromatic nitrogens is 4. The van der Waals surface area contributed by atoms with Crippen LogP contribution in [0.3, 0.4) is 0 Å². The van der Waals surface area contributed by atoms with Crippen LogP contribution in [0.25, 0.3) is 4.96 Å². The lowest BCUT2D eigenvalue weighted by Crippen LogP contribution is -2.22. The third kappa shape index (κ3) is 1.89. The van der Waals surface area contributed by atoms with E-state index in [4.69, 9.17) is 0 Å². The normalized spacial score (nSPS) is 10.5. The standard InChI is InChI=1S/C7H9N5O2S/c1-4-9-10-6-12(4)11-5(15-6)3-8-7(13)14-2/h3H2,1-2H3,(H,8,13). The molecule has 7 nitrogen and oxygen atoms in total. The number of rotatable bonds is 2. The lowest BCUT2D eigenvalue weighted by molar-refractivity contribution is 0.170. The van der Waals surface area contributed by atoms with Crippen LogP contribution >= 0.6 is 11.3 Å². The molecule has 0 spiro atoms. The Kier molecular flexibility index (Phi) is 2.50. The van der Waals surface area contributed by atoms with Crippen LogP contribution in [0.15, 0.2) is 0 Å². The Morgan fingerprint density at radius 2 is 2.40 bits per heavy atom. The molecule has 0 aliphatic carbocycles. The maximum absolute atomic E-state index is 10.8. The van der Waals surface area contributed by atoms with Crippen molar-refractivity contribution in [1.29, 1.82) is 0 Å². The Balaban J connectivity index is 2.12. The molecule has 2 heterocycles. The molecule has 0 unspecified atom stereocenters. The van der Waals surface area contributed by atoms with Gasteiger partial charge in [-0.3, -0.25) is 0 Å². The second-order valence-corrected chi connectivity index (χ2v) is 3.82. The van der Waals surface area contributed by atoms with Crippen molar-refractivity contribution >= 4 is 22.4 Å². The minimum Gasteiger partial charge on any atom is -0.453 e. The minimum atomic E-state index is -0.474. The predicted molar refractivity (Wildman–Crippen MR) is 52.6 cm³/mol. The van der Waals surface area contributed by atoms with Crippen molar-refractivity contribution in [3.05, 3.63) is 10.8 Å². The summed E-state index contributed by atoms with van der Waals surface area (Å²) in [6.45, 7) is 2.15. The third-order valence-corrected chi connectivity index (χ3v) is 2.66. The highest BCUT2D eigenvalue weighted by molar-refractivity contribution is 7.16. The van der Waals surface area contributed by atoms with Crippen molar-refractivity contribution in [2.24, 2.45) is 0 Å². The van der Waals surface area contributed by atoms with Gasteiger partial charge in [0.05, 0.1) is 13.7 Å². The van der Waals surface area contributed by atoms with E-state index in [0.717, 1.165) is 10.8 Å². The monoisotopic (exact) mass is 227 g/mol. The van der Waals surface area contributed by atoms with Gasteiger partial charge >= 0.3 is 6.09 Å². The summed E-state index contributed by atoms with van der Waals surface area (Å²) >= 11 is 1.38. The molecular formula is C7H9N5O2S. The lowest BCUT2D eigenvalue weighted by Gasteiger charge is -1.98. The summed E-state index contributed by atoms with van der Waals surface area (Å²) in [4.78, 5) is 11.5. The Morgan fingerprint density at radius 1 is 1.60 bits per heavy atom. The summed E-state index contributed by atoms with van der Waals surface area (Å²) in [5.74, 6) is 0.727. The van der Waals surface area contributed by atoms with Gasteiger partial charge in [0.1, 0.15) is 5.01 Å². The molecule has 15 heavy (non-hydrogen) atoms. The zero-order valence-corrected chi connectivity index (χ0v) is 9.04. The van der Waals surface area contributed by atoms with E-state index in [1.165, 1.54) is 18.4 Å². The maximum atomic E-state index is 10.8. The molecule has 0 fully saturated rings. The number of alkyl carbamates (subject to hydrolysis) is 1. The van der Waals surface area contributed by atoms with Crippen molar-refractivity contribution in [3.8, 4) is 0 Å². The first kappa shape index (κ1) is 9.84. The first-order valence-corrected chi connectivity index (χ1v) is 5.02. The lowest BCUT2D eigenvalue weighted by atomic mass is 10.7. The minimum absolute atomic E-state index is 0.333. The smallest absolute Gasteiger partial charge is 0.407 e. The van der Waals surface area contributed by atoms with E-state index in [1.54, 1.807) is 4.52 Å². The highest BCUT2D eigenvalue weighted by Gasteiger charge is 2.09.